The largest absolute Gasteiger partial charge is 0.394 e. The maximum Gasteiger partial charge on any atom is 0.220 e. The fourth-order valence-corrected chi connectivity index (χ4v) is 9.46. The normalized spacial score (nSPS) is 31.7. The number of hydrogen-bond donors (Lipinski definition) is 12. The van der Waals surface area contributed by atoms with Crippen molar-refractivity contribution in [3.8, 4) is 0 Å². The molecule has 0 aromatic heterocycles. The first kappa shape index (κ1) is 66.3. The molecule has 1 amide bonds. The van der Waals surface area contributed by atoms with Crippen molar-refractivity contribution in [3.05, 3.63) is 36.5 Å². The van der Waals surface area contributed by atoms with Crippen molar-refractivity contribution in [2.45, 2.75) is 279 Å². The van der Waals surface area contributed by atoms with Crippen LogP contribution in [-0.4, -0.2) is 193 Å². The standard InChI is InChI=1S/C55H99NO18/c1-3-5-7-9-11-13-15-17-18-19-21-23-25-27-29-31-33-43(61)56-38(39(60)32-30-28-26-24-22-20-16-14-12-10-8-6-4-2)37-69-53-49(67)46(64)51(41(35-58)71-53)74-55-50(68)47(65)52(42(36-59)72-55)73-54-48(66)45(63)44(62)40(34-57)70-54/h12,14,22,24,30,32,38-42,44-55,57-60,62-68H,3-11,13,15-21,23,25-29,31,33-37H2,1-2H3,(H,56,61)/b14-12+,24-22+,32-30+. The highest BCUT2D eigenvalue weighted by atomic mass is 16.8. The number of unbranched alkanes of at least 4 members (excludes halogenated alkanes) is 20. The smallest absolute Gasteiger partial charge is 0.220 e. The molecule has 19 nitrogen and oxygen atoms in total. The van der Waals surface area contributed by atoms with E-state index in [9.17, 15) is 61.0 Å². The van der Waals surface area contributed by atoms with Crippen molar-refractivity contribution in [1.29, 1.82) is 0 Å². The summed E-state index contributed by atoms with van der Waals surface area (Å²) >= 11 is 0. The Morgan fingerprint density at radius 2 is 0.865 bits per heavy atom. The van der Waals surface area contributed by atoms with Gasteiger partial charge >= 0.3 is 0 Å². The van der Waals surface area contributed by atoms with Gasteiger partial charge in [0.1, 0.15) is 73.2 Å². The van der Waals surface area contributed by atoms with Crippen LogP contribution in [-0.2, 0) is 33.2 Å². The molecule has 3 saturated heterocycles. The van der Waals surface area contributed by atoms with Crippen LogP contribution in [0.15, 0.2) is 36.5 Å². The Hall–Kier alpha value is -1.99. The lowest BCUT2D eigenvalue weighted by Gasteiger charge is -2.48. The van der Waals surface area contributed by atoms with Crippen LogP contribution < -0.4 is 5.32 Å². The Morgan fingerprint density at radius 3 is 1.35 bits per heavy atom. The molecule has 0 aromatic rings. The van der Waals surface area contributed by atoms with Gasteiger partial charge in [-0.25, -0.2) is 0 Å². The molecule has 3 aliphatic rings. The topological polar surface area (TPSA) is 307 Å². The van der Waals surface area contributed by atoms with Crippen molar-refractivity contribution in [3.63, 3.8) is 0 Å². The third kappa shape index (κ3) is 23.9. The van der Waals surface area contributed by atoms with Gasteiger partial charge in [-0.1, -0.05) is 159 Å². The maximum absolute atomic E-state index is 13.3. The molecule has 3 aliphatic heterocycles. The first-order valence-corrected chi connectivity index (χ1v) is 28.2. The summed E-state index contributed by atoms with van der Waals surface area (Å²) in [4.78, 5) is 13.3. The molecule has 0 aliphatic carbocycles. The van der Waals surface area contributed by atoms with Gasteiger partial charge in [-0.3, -0.25) is 4.79 Å². The van der Waals surface area contributed by atoms with Gasteiger partial charge in [0, 0.05) is 6.42 Å². The van der Waals surface area contributed by atoms with E-state index in [1.165, 1.54) is 96.3 Å². The lowest BCUT2D eigenvalue weighted by Crippen LogP contribution is -2.66. The molecule has 17 unspecified atom stereocenters. The number of amides is 1. The monoisotopic (exact) mass is 1060 g/mol. The Morgan fingerprint density at radius 1 is 0.473 bits per heavy atom. The minimum atomic E-state index is -1.98. The van der Waals surface area contributed by atoms with Gasteiger partial charge in [0.15, 0.2) is 18.9 Å². The number of rotatable bonds is 40. The van der Waals surface area contributed by atoms with E-state index in [2.05, 4.69) is 43.5 Å². The van der Waals surface area contributed by atoms with Gasteiger partial charge in [-0.15, -0.1) is 0 Å². The van der Waals surface area contributed by atoms with Crippen LogP contribution >= 0.6 is 0 Å². The summed E-state index contributed by atoms with van der Waals surface area (Å²) in [5.41, 5.74) is 0. The number of allylic oxidation sites excluding steroid dienone is 5. The fraction of sp³-hybridized carbons (Fsp3) is 0.873. The van der Waals surface area contributed by atoms with Gasteiger partial charge in [-0.2, -0.15) is 0 Å². The number of aliphatic hydroxyl groups is 11. The molecule has 0 radical (unpaired) electrons. The van der Waals surface area contributed by atoms with E-state index in [1.54, 1.807) is 6.08 Å². The predicted octanol–water partition coefficient (Wildman–Crippen LogP) is 3.76. The summed E-state index contributed by atoms with van der Waals surface area (Å²) in [5.74, 6) is -0.291. The van der Waals surface area contributed by atoms with Crippen LogP contribution in [0.25, 0.3) is 0 Å². The third-order valence-corrected chi connectivity index (χ3v) is 14.2. The van der Waals surface area contributed by atoms with Crippen LogP contribution in [0.1, 0.15) is 174 Å². The van der Waals surface area contributed by atoms with Crippen LogP contribution in [0.5, 0.6) is 0 Å². The van der Waals surface area contributed by atoms with Crippen molar-refractivity contribution in [1.82, 2.24) is 5.32 Å². The zero-order valence-electron chi connectivity index (χ0n) is 44.6. The van der Waals surface area contributed by atoms with Crippen molar-refractivity contribution >= 4 is 5.91 Å². The van der Waals surface area contributed by atoms with Crippen LogP contribution in [0, 0.1) is 0 Å². The van der Waals surface area contributed by atoms with Gasteiger partial charge in [0.2, 0.25) is 5.91 Å². The molecular weight excluding hydrogens is 963 g/mol. The zero-order chi connectivity index (χ0) is 54.1. The molecule has 12 N–H and O–H groups in total. The lowest BCUT2D eigenvalue weighted by molar-refractivity contribution is -0.379. The number of carbonyl (C=O) groups excluding carboxylic acids is 1. The van der Waals surface area contributed by atoms with Crippen molar-refractivity contribution in [2.24, 2.45) is 0 Å². The number of aliphatic hydroxyl groups excluding tert-OH is 11. The molecule has 0 aromatic carbocycles. The average molecular weight is 1060 g/mol. The molecule has 3 fully saturated rings. The van der Waals surface area contributed by atoms with Crippen molar-refractivity contribution in [2.75, 3.05) is 26.4 Å². The summed E-state index contributed by atoms with van der Waals surface area (Å²) in [6.45, 7) is 1.64. The summed E-state index contributed by atoms with van der Waals surface area (Å²) in [6.07, 6.45) is 12.8. The average Bonchev–Trinajstić information content (AvgIpc) is 3.40. The summed E-state index contributed by atoms with van der Waals surface area (Å²) in [5, 5.41) is 120. The van der Waals surface area contributed by atoms with E-state index in [-0.39, 0.29) is 18.9 Å². The first-order chi connectivity index (χ1) is 35.8. The Labute approximate surface area is 440 Å². The minimum Gasteiger partial charge on any atom is -0.394 e. The second kappa shape index (κ2) is 39.4. The van der Waals surface area contributed by atoms with E-state index in [0.29, 0.717) is 12.8 Å². The van der Waals surface area contributed by atoms with Crippen LogP contribution in [0.4, 0.5) is 0 Å². The zero-order valence-corrected chi connectivity index (χ0v) is 44.6. The molecular formula is C55H99NO18. The Bertz CT molecular complexity index is 1500. The minimum absolute atomic E-state index is 0.235. The molecule has 0 spiro atoms. The molecule has 0 bridgehead atoms. The highest BCUT2D eigenvalue weighted by molar-refractivity contribution is 5.76. The number of ether oxygens (including phenoxy) is 6. The van der Waals surface area contributed by atoms with Crippen LogP contribution in [0.3, 0.4) is 0 Å². The van der Waals surface area contributed by atoms with Gasteiger partial charge in [0.25, 0.3) is 0 Å². The summed E-state index contributed by atoms with van der Waals surface area (Å²) < 4.78 is 34.1. The quantitative estimate of drug-likeness (QED) is 0.0307. The SMILES string of the molecule is CCCCC/C=C/CC/C=C/CC/C=C/C(O)C(COC1OC(CO)C(OC2OC(CO)C(OC3OC(CO)C(O)C(O)C3O)C(O)C2O)C(O)C1O)NC(=O)CCCCCCCCCCCCCCCCCC. The fourth-order valence-electron chi connectivity index (χ4n) is 9.46. The van der Waals surface area contributed by atoms with Gasteiger partial charge in [-0.05, 0) is 44.9 Å². The highest BCUT2D eigenvalue weighted by Crippen LogP contribution is 2.33. The van der Waals surface area contributed by atoms with E-state index in [1.807, 2.05) is 6.08 Å². The number of carbonyl (C=O) groups is 1. The first-order valence-electron chi connectivity index (χ1n) is 28.2. The highest BCUT2D eigenvalue weighted by Gasteiger charge is 2.53. The lowest BCUT2D eigenvalue weighted by atomic mass is 9.96. The Balaban J connectivity index is 1.54. The summed E-state index contributed by atoms with van der Waals surface area (Å²) in [6, 6.07) is -0.991. The van der Waals surface area contributed by atoms with Crippen molar-refractivity contribution < 1.29 is 89.4 Å². The van der Waals surface area contributed by atoms with E-state index in [0.717, 1.165) is 44.9 Å². The molecule has 19 heteroatoms. The molecule has 432 valence electrons. The van der Waals surface area contributed by atoms with E-state index in [4.69, 9.17) is 28.4 Å². The molecule has 17 atom stereocenters. The van der Waals surface area contributed by atoms with E-state index >= 15 is 0 Å². The third-order valence-electron chi connectivity index (χ3n) is 14.2. The van der Waals surface area contributed by atoms with E-state index < -0.39 is 124 Å². The predicted molar refractivity (Wildman–Crippen MR) is 277 cm³/mol. The summed E-state index contributed by atoms with van der Waals surface area (Å²) in [7, 11) is 0. The molecule has 74 heavy (non-hydrogen) atoms. The molecule has 0 saturated carbocycles. The van der Waals surface area contributed by atoms with Gasteiger partial charge < -0.3 is 89.9 Å². The maximum atomic E-state index is 13.3. The molecule has 3 rings (SSSR count). The van der Waals surface area contributed by atoms with Gasteiger partial charge in [0.05, 0.1) is 38.6 Å². The number of nitrogens with one attached hydrogen (secondary N) is 1. The van der Waals surface area contributed by atoms with Crippen LogP contribution in [0.2, 0.25) is 0 Å². The second-order valence-electron chi connectivity index (χ2n) is 20.4. The second-order valence-corrected chi connectivity index (χ2v) is 20.4. The molecule has 3 heterocycles. The Kier molecular flexibility index (Phi) is 35.3. The number of hydrogen-bond acceptors (Lipinski definition) is 18.